The molecule has 1 aromatic rings. The molecule has 0 aliphatic carbocycles. The molecule has 0 aromatic heterocycles. The molecule has 1 N–H and O–H groups in total. The minimum absolute atomic E-state index is 0.193. The van der Waals surface area contributed by atoms with Gasteiger partial charge in [0.15, 0.2) is 11.5 Å². The third-order valence-electron chi connectivity index (χ3n) is 1.80. The Morgan fingerprint density at radius 1 is 1.73 bits per heavy atom. The van der Waals surface area contributed by atoms with Crippen LogP contribution in [0.2, 0.25) is 0 Å². The van der Waals surface area contributed by atoms with Crippen molar-refractivity contribution in [1.82, 2.24) is 5.32 Å². The van der Waals surface area contributed by atoms with Gasteiger partial charge in [-0.15, -0.1) is 0 Å². The summed E-state index contributed by atoms with van der Waals surface area (Å²) in [7, 11) is 0. The molecule has 3 nitrogen and oxygen atoms in total. The lowest BCUT2D eigenvalue weighted by Gasteiger charge is -2.12. The number of nitrogens with one attached hydrogen (secondary N) is 1. The van der Waals surface area contributed by atoms with Crippen LogP contribution in [0.25, 0.3) is 0 Å². The third-order valence-corrected chi connectivity index (χ3v) is 1.80. The van der Waals surface area contributed by atoms with E-state index in [2.05, 4.69) is 0 Å². The second kappa shape index (κ2) is 4.53. The summed E-state index contributed by atoms with van der Waals surface area (Å²) < 4.78 is 93.3. The summed E-state index contributed by atoms with van der Waals surface area (Å²) in [5.74, 6) is -0.785. The molecular formula is C12H17NO2. The number of benzene rings is 1. The van der Waals surface area contributed by atoms with Crippen LogP contribution in [-0.4, -0.2) is 19.3 Å². The van der Waals surface area contributed by atoms with E-state index in [1.807, 2.05) is 5.32 Å². The molecular weight excluding hydrogens is 190 g/mol. The Hall–Kier alpha value is -1.22. The summed E-state index contributed by atoms with van der Waals surface area (Å²) >= 11 is 0. The largest absolute Gasteiger partial charge is 0.454 e. The summed E-state index contributed by atoms with van der Waals surface area (Å²) in [4.78, 5) is 0. The van der Waals surface area contributed by atoms with E-state index in [1.54, 1.807) is 0 Å². The van der Waals surface area contributed by atoms with Gasteiger partial charge in [-0.2, -0.15) is 0 Å². The van der Waals surface area contributed by atoms with Crippen LogP contribution in [0.15, 0.2) is 18.1 Å². The van der Waals surface area contributed by atoms with Gasteiger partial charge in [-0.3, -0.25) is 0 Å². The van der Waals surface area contributed by atoms with Crippen molar-refractivity contribution in [3.63, 3.8) is 0 Å². The van der Waals surface area contributed by atoms with Crippen molar-refractivity contribution < 1.29 is 24.6 Å². The quantitative estimate of drug-likeness (QED) is 0.838. The van der Waals surface area contributed by atoms with E-state index in [1.165, 1.54) is 6.92 Å². The van der Waals surface area contributed by atoms with E-state index in [0.717, 1.165) is 0 Å². The van der Waals surface area contributed by atoms with E-state index < -0.39 is 56.4 Å². The Morgan fingerprint density at radius 3 is 3.47 bits per heavy atom. The fraction of sp³-hybridized carbons (Fsp3) is 0.500. The van der Waals surface area contributed by atoms with Crippen LogP contribution in [0.1, 0.15) is 34.4 Å². The Kier molecular flexibility index (Phi) is 1.02. The van der Waals surface area contributed by atoms with Crippen LogP contribution in [0.3, 0.4) is 0 Å². The minimum Gasteiger partial charge on any atom is -0.454 e. The maximum atomic E-state index is 8.16. The molecule has 0 amide bonds. The van der Waals surface area contributed by atoms with Crippen molar-refractivity contribution in [3.05, 3.63) is 23.7 Å². The van der Waals surface area contributed by atoms with E-state index in [9.17, 15) is 0 Å². The van der Waals surface area contributed by atoms with Gasteiger partial charge in [-0.25, -0.2) is 0 Å². The number of likely N-dealkylation sites (N-methyl/N-ethyl adjacent to an activating group) is 1. The Bertz CT molecular complexity index is 729. The van der Waals surface area contributed by atoms with Gasteiger partial charge in [-0.1, -0.05) is 12.9 Å². The topological polar surface area (TPSA) is 30.5 Å². The smallest absolute Gasteiger partial charge is 0.231 e. The normalized spacial score (nSPS) is 33.3. The Morgan fingerprint density at radius 2 is 2.60 bits per heavy atom. The number of rotatable bonds is 4. The molecule has 0 fully saturated rings. The molecule has 1 heterocycles. The van der Waals surface area contributed by atoms with E-state index >= 15 is 0 Å². The number of ether oxygens (including phenoxy) is 2. The first-order valence-corrected chi connectivity index (χ1v) is 4.27. The monoisotopic (exact) mass is 218 g/mol. The number of hydrogen-bond donors (Lipinski definition) is 1. The second-order valence-corrected chi connectivity index (χ2v) is 3.01. The molecule has 0 saturated heterocycles. The molecule has 1 aromatic carbocycles. The highest BCUT2D eigenvalue weighted by Gasteiger charge is 2.13. The van der Waals surface area contributed by atoms with Crippen LogP contribution in [0.4, 0.5) is 0 Å². The highest BCUT2D eigenvalue weighted by atomic mass is 16.7. The van der Waals surface area contributed by atoms with E-state index in [4.69, 9.17) is 24.6 Å². The first-order valence-electron chi connectivity index (χ1n) is 9.77. The molecule has 15 heavy (non-hydrogen) atoms. The lowest BCUT2D eigenvalue weighted by atomic mass is 10.1. The molecule has 0 radical (unpaired) electrons. The average molecular weight is 218 g/mol. The van der Waals surface area contributed by atoms with Gasteiger partial charge in [0, 0.05) is 14.2 Å². The zero-order chi connectivity index (χ0) is 20.3. The minimum atomic E-state index is -3.05. The summed E-state index contributed by atoms with van der Waals surface area (Å²) in [6.07, 6.45) is -0.494. The maximum absolute atomic E-state index is 8.16. The van der Waals surface area contributed by atoms with Crippen LogP contribution < -0.4 is 14.8 Å². The maximum Gasteiger partial charge on any atom is 0.231 e. The molecule has 0 spiro atoms. The fourth-order valence-corrected chi connectivity index (χ4v) is 1.17. The average Bonchev–Trinajstić information content (AvgIpc) is 2.75. The summed E-state index contributed by atoms with van der Waals surface area (Å²) in [6, 6.07) is -3.47. The van der Waals surface area contributed by atoms with Gasteiger partial charge in [-0.05, 0) is 37.5 Å². The highest BCUT2D eigenvalue weighted by Crippen LogP contribution is 2.32. The molecule has 1 aliphatic heterocycles. The zero-order valence-corrected chi connectivity index (χ0v) is 8.02. The fourth-order valence-electron chi connectivity index (χ4n) is 1.17. The SMILES string of the molecule is [2H]c1c([2H])c2c(c([2H])c1C[C@]([2H])(C)NC([2H])([2H])C([2H])([2H])[2H])OC([2H])([2H])O2. The highest BCUT2D eigenvalue weighted by molar-refractivity contribution is 5.44. The number of hydrogen-bond acceptors (Lipinski definition) is 3. The van der Waals surface area contributed by atoms with Gasteiger partial charge < -0.3 is 14.8 Å². The molecule has 1 aliphatic rings. The standard InChI is InChI=1S/C12H17NO2/c1-3-13-9(2)6-10-4-5-11-12(7-10)15-8-14-11/h4-5,7,9,13H,3,6,8H2,1-2H3/t9-/m0/s1/i1D3,3D2,4D,5D,7D,8D2,9D. The van der Waals surface area contributed by atoms with Crippen LogP contribution in [0.5, 0.6) is 11.5 Å². The third kappa shape index (κ3) is 2.42. The predicted molar refractivity (Wildman–Crippen MR) is 59.4 cm³/mol. The van der Waals surface area contributed by atoms with Gasteiger partial charge in [0.2, 0.25) is 6.75 Å². The van der Waals surface area contributed by atoms with Gasteiger partial charge in [0.1, 0.15) is 2.74 Å². The van der Waals surface area contributed by atoms with Crippen molar-refractivity contribution in [3.8, 4) is 11.5 Å². The predicted octanol–water partition coefficient (Wildman–Crippen LogP) is 1.96. The summed E-state index contributed by atoms with van der Waals surface area (Å²) in [6.45, 7) is -7.37. The first kappa shape index (κ1) is 3.39. The van der Waals surface area contributed by atoms with Gasteiger partial charge in [0.05, 0.1) is 4.11 Å². The Labute approximate surface area is 106 Å². The zero-order valence-electron chi connectivity index (χ0n) is 19.0. The van der Waals surface area contributed by atoms with Crippen LogP contribution >= 0.6 is 0 Å². The summed E-state index contributed by atoms with van der Waals surface area (Å²) in [5, 5.41) is 2.04. The van der Waals surface area contributed by atoms with Gasteiger partial charge in [0.25, 0.3) is 0 Å². The molecule has 3 heteroatoms. The van der Waals surface area contributed by atoms with Crippen molar-refractivity contribution in [2.24, 2.45) is 0 Å². The van der Waals surface area contributed by atoms with Crippen LogP contribution in [-0.2, 0) is 6.42 Å². The van der Waals surface area contributed by atoms with Crippen molar-refractivity contribution >= 4 is 0 Å². The van der Waals surface area contributed by atoms with Crippen molar-refractivity contribution in [2.45, 2.75) is 26.2 Å². The summed E-state index contributed by atoms with van der Waals surface area (Å²) in [5.41, 5.74) is -0.193. The molecule has 0 saturated carbocycles. The van der Waals surface area contributed by atoms with E-state index in [-0.39, 0.29) is 11.3 Å². The van der Waals surface area contributed by atoms with Crippen molar-refractivity contribution in [1.29, 1.82) is 0 Å². The van der Waals surface area contributed by atoms with Crippen molar-refractivity contribution in [2.75, 3.05) is 13.2 Å². The lowest BCUT2D eigenvalue weighted by molar-refractivity contribution is 0.174. The molecule has 82 valence electrons. The molecule has 2 rings (SSSR count). The van der Waals surface area contributed by atoms with E-state index in [0.29, 0.717) is 0 Å². The number of fused-ring (bicyclic) bond motifs is 1. The second-order valence-electron chi connectivity index (χ2n) is 3.01. The molecule has 0 bridgehead atoms. The molecule has 1 atom stereocenters. The first-order chi connectivity index (χ1) is 11.5. The Balaban J connectivity index is 2.41. The van der Waals surface area contributed by atoms with Gasteiger partial charge >= 0.3 is 0 Å². The molecule has 0 unspecified atom stereocenters. The lowest BCUT2D eigenvalue weighted by Crippen LogP contribution is -2.27. The van der Waals surface area contributed by atoms with Crippen LogP contribution in [0, 0.1) is 0 Å².